The second-order valence-electron chi connectivity index (χ2n) is 6.34. The first-order chi connectivity index (χ1) is 12.7. The van der Waals surface area contributed by atoms with Gasteiger partial charge in [0, 0.05) is 15.7 Å². The van der Waals surface area contributed by atoms with E-state index in [1.807, 2.05) is 39.0 Å². The van der Waals surface area contributed by atoms with Crippen LogP contribution in [0.1, 0.15) is 27.0 Å². The molecular formula is C20H22BrN3O3. The van der Waals surface area contributed by atoms with E-state index in [1.165, 1.54) is 0 Å². The van der Waals surface area contributed by atoms with Gasteiger partial charge >= 0.3 is 0 Å². The Bertz CT molecular complexity index is 861. The van der Waals surface area contributed by atoms with Gasteiger partial charge in [-0.25, -0.2) is 0 Å². The van der Waals surface area contributed by atoms with Crippen molar-refractivity contribution in [1.82, 2.24) is 10.6 Å². The summed E-state index contributed by atoms with van der Waals surface area (Å²) in [6.45, 7) is 5.32. The zero-order valence-electron chi connectivity index (χ0n) is 15.5. The molecule has 27 heavy (non-hydrogen) atoms. The average Bonchev–Trinajstić information content (AvgIpc) is 2.59. The van der Waals surface area contributed by atoms with Crippen LogP contribution >= 0.6 is 15.9 Å². The van der Waals surface area contributed by atoms with Crippen molar-refractivity contribution in [3.63, 3.8) is 0 Å². The number of benzene rings is 2. The summed E-state index contributed by atoms with van der Waals surface area (Å²) in [5.41, 5.74) is 4.04. The second kappa shape index (κ2) is 9.32. The van der Waals surface area contributed by atoms with E-state index < -0.39 is 5.91 Å². The molecule has 2 aromatic carbocycles. The van der Waals surface area contributed by atoms with E-state index in [4.69, 9.17) is 0 Å². The maximum atomic E-state index is 12.1. The highest BCUT2D eigenvalue weighted by Crippen LogP contribution is 2.19. The highest BCUT2D eigenvalue weighted by atomic mass is 79.9. The Kier molecular flexibility index (Phi) is 7.12. The maximum Gasteiger partial charge on any atom is 0.251 e. The van der Waals surface area contributed by atoms with Crippen molar-refractivity contribution in [1.29, 1.82) is 0 Å². The third-order valence-corrected chi connectivity index (χ3v) is 4.30. The molecule has 0 bridgehead atoms. The van der Waals surface area contributed by atoms with Gasteiger partial charge < -0.3 is 16.0 Å². The number of amides is 3. The van der Waals surface area contributed by atoms with Gasteiger partial charge in [0.05, 0.1) is 13.1 Å². The molecule has 3 amide bonds. The van der Waals surface area contributed by atoms with Gasteiger partial charge in [-0.15, -0.1) is 0 Å². The number of hydrogen-bond donors (Lipinski definition) is 3. The van der Waals surface area contributed by atoms with Crippen molar-refractivity contribution < 1.29 is 14.4 Å². The van der Waals surface area contributed by atoms with Crippen LogP contribution in [0.4, 0.5) is 5.69 Å². The van der Waals surface area contributed by atoms with Crippen molar-refractivity contribution in [2.75, 3.05) is 18.4 Å². The minimum Gasteiger partial charge on any atom is -0.345 e. The first kappa shape index (κ1) is 20.6. The summed E-state index contributed by atoms with van der Waals surface area (Å²) >= 11 is 3.36. The molecule has 0 aliphatic heterocycles. The molecule has 2 rings (SSSR count). The summed E-state index contributed by atoms with van der Waals surface area (Å²) in [6, 6.07) is 11.0. The Balaban J connectivity index is 1.78. The van der Waals surface area contributed by atoms with Crippen molar-refractivity contribution in [2.45, 2.75) is 20.8 Å². The van der Waals surface area contributed by atoms with Crippen LogP contribution in [-0.2, 0) is 9.59 Å². The lowest BCUT2D eigenvalue weighted by Gasteiger charge is -2.10. The van der Waals surface area contributed by atoms with Crippen molar-refractivity contribution in [2.24, 2.45) is 0 Å². The van der Waals surface area contributed by atoms with E-state index in [1.54, 1.807) is 18.2 Å². The summed E-state index contributed by atoms with van der Waals surface area (Å²) < 4.78 is 0.922. The highest BCUT2D eigenvalue weighted by Gasteiger charge is 2.11. The van der Waals surface area contributed by atoms with Crippen LogP contribution in [0.5, 0.6) is 0 Å². The van der Waals surface area contributed by atoms with Gasteiger partial charge in [0.2, 0.25) is 11.8 Å². The summed E-state index contributed by atoms with van der Waals surface area (Å²) in [7, 11) is 0. The molecule has 3 N–H and O–H groups in total. The quantitative estimate of drug-likeness (QED) is 0.656. The third-order valence-electron chi connectivity index (χ3n) is 3.80. The molecule has 0 atom stereocenters. The largest absolute Gasteiger partial charge is 0.345 e. The smallest absolute Gasteiger partial charge is 0.251 e. The van der Waals surface area contributed by atoms with E-state index >= 15 is 0 Å². The van der Waals surface area contributed by atoms with Gasteiger partial charge in [0.25, 0.3) is 5.91 Å². The van der Waals surface area contributed by atoms with Gasteiger partial charge in [-0.2, -0.15) is 0 Å². The number of anilines is 1. The van der Waals surface area contributed by atoms with Gasteiger partial charge in [-0.3, -0.25) is 14.4 Å². The fourth-order valence-corrected chi connectivity index (χ4v) is 3.05. The molecule has 0 saturated heterocycles. The zero-order valence-corrected chi connectivity index (χ0v) is 17.1. The Hall–Kier alpha value is -2.67. The van der Waals surface area contributed by atoms with Crippen LogP contribution in [0.15, 0.2) is 40.9 Å². The Morgan fingerprint density at radius 2 is 1.48 bits per heavy atom. The molecule has 2 aromatic rings. The van der Waals surface area contributed by atoms with Crippen molar-refractivity contribution >= 4 is 39.3 Å². The Morgan fingerprint density at radius 3 is 2.11 bits per heavy atom. The molecule has 0 spiro atoms. The fraction of sp³-hybridized carbons (Fsp3) is 0.250. The van der Waals surface area contributed by atoms with Gasteiger partial charge in [0.1, 0.15) is 0 Å². The third kappa shape index (κ3) is 6.53. The van der Waals surface area contributed by atoms with Gasteiger partial charge in [-0.05, 0) is 56.7 Å². The second-order valence-corrected chi connectivity index (χ2v) is 7.26. The molecule has 142 valence electrons. The number of hydrogen-bond acceptors (Lipinski definition) is 3. The molecule has 7 heteroatoms. The highest BCUT2D eigenvalue weighted by molar-refractivity contribution is 9.10. The summed E-state index contributed by atoms with van der Waals surface area (Å²) in [6.07, 6.45) is 0. The summed E-state index contributed by atoms with van der Waals surface area (Å²) in [5, 5.41) is 7.78. The number of aryl methyl sites for hydroxylation is 3. The summed E-state index contributed by atoms with van der Waals surface area (Å²) in [5.74, 6) is -1.10. The molecule has 0 saturated carbocycles. The minimum atomic E-state index is -0.435. The normalized spacial score (nSPS) is 10.2. The first-order valence-electron chi connectivity index (χ1n) is 8.44. The molecule has 0 aromatic heterocycles. The molecule has 0 heterocycles. The van der Waals surface area contributed by atoms with Crippen LogP contribution < -0.4 is 16.0 Å². The van der Waals surface area contributed by atoms with Crippen LogP contribution in [-0.4, -0.2) is 30.8 Å². The van der Waals surface area contributed by atoms with E-state index in [9.17, 15) is 14.4 Å². The van der Waals surface area contributed by atoms with E-state index in [0.717, 1.165) is 21.2 Å². The number of halogens is 1. The lowest BCUT2D eigenvalue weighted by atomic mass is 10.1. The topological polar surface area (TPSA) is 87.3 Å². The number of carbonyl (C=O) groups excluding carboxylic acids is 3. The van der Waals surface area contributed by atoms with E-state index in [0.29, 0.717) is 11.3 Å². The molecular weight excluding hydrogens is 410 g/mol. The molecule has 0 radical (unpaired) electrons. The Labute approximate surface area is 166 Å². The SMILES string of the molecule is Cc1cc(C)cc(C(=O)NCC(=O)NCC(=O)Nc2ccc(Br)cc2C)c1. The van der Waals surface area contributed by atoms with Crippen molar-refractivity contribution in [3.05, 3.63) is 63.1 Å². The monoisotopic (exact) mass is 431 g/mol. The predicted molar refractivity (Wildman–Crippen MR) is 109 cm³/mol. The molecule has 0 unspecified atom stereocenters. The number of carbonyl (C=O) groups is 3. The predicted octanol–water partition coefficient (Wildman–Crippen LogP) is 2.86. The first-order valence-corrected chi connectivity index (χ1v) is 9.23. The molecule has 6 nitrogen and oxygen atoms in total. The minimum absolute atomic E-state index is 0.173. The Morgan fingerprint density at radius 1 is 0.852 bits per heavy atom. The van der Waals surface area contributed by atoms with Gasteiger partial charge in [-0.1, -0.05) is 33.1 Å². The molecule has 0 aliphatic carbocycles. The van der Waals surface area contributed by atoms with Crippen LogP contribution in [0.3, 0.4) is 0 Å². The lowest BCUT2D eigenvalue weighted by molar-refractivity contribution is -0.123. The van der Waals surface area contributed by atoms with E-state index in [2.05, 4.69) is 31.9 Å². The van der Waals surface area contributed by atoms with Crippen LogP contribution in [0.2, 0.25) is 0 Å². The number of rotatable bonds is 6. The standard InChI is InChI=1S/C20H22BrN3O3/c1-12-6-13(2)8-15(7-12)20(27)23-10-18(25)22-11-19(26)24-17-5-4-16(21)9-14(17)3/h4-9H,10-11H2,1-3H3,(H,22,25)(H,23,27)(H,24,26). The number of nitrogens with one attached hydrogen (secondary N) is 3. The molecule has 0 aliphatic rings. The lowest BCUT2D eigenvalue weighted by Crippen LogP contribution is -2.40. The molecule has 0 fully saturated rings. The van der Waals surface area contributed by atoms with Gasteiger partial charge in [0.15, 0.2) is 0 Å². The van der Waals surface area contributed by atoms with Crippen LogP contribution in [0.25, 0.3) is 0 Å². The summed E-state index contributed by atoms with van der Waals surface area (Å²) in [4.78, 5) is 36.0. The maximum absolute atomic E-state index is 12.1. The van der Waals surface area contributed by atoms with Crippen LogP contribution in [0, 0.1) is 20.8 Å². The van der Waals surface area contributed by atoms with Crippen molar-refractivity contribution in [3.8, 4) is 0 Å². The zero-order chi connectivity index (χ0) is 20.0. The fourth-order valence-electron chi connectivity index (χ4n) is 2.57. The average molecular weight is 432 g/mol. The van der Waals surface area contributed by atoms with E-state index in [-0.39, 0.29) is 24.9 Å².